The molecule has 1 N–H and O–H groups in total. The molecular weight excluding hydrogens is 168 g/mol. The molecule has 0 fully saturated rings. The molecule has 1 aromatic carbocycles. The lowest BCUT2D eigenvalue weighted by atomic mass is 10.0. The van der Waals surface area contributed by atoms with Crippen molar-refractivity contribution in [1.82, 2.24) is 0 Å². The van der Waals surface area contributed by atoms with Crippen LogP contribution in [0.5, 0.6) is 0 Å². The molecule has 0 aliphatic heterocycles. The van der Waals surface area contributed by atoms with Gasteiger partial charge < -0.3 is 5.11 Å². The van der Waals surface area contributed by atoms with Crippen LogP contribution in [0, 0.1) is 6.92 Å². The molecule has 0 aromatic heterocycles. The van der Waals surface area contributed by atoms with Crippen molar-refractivity contribution in [3.63, 3.8) is 0 Å². The number of hydrogen-bond acceptors (Lipinski definition) is 2. The summed E-state index contributed by atoms with van der Waals surface area (Å²) in [6.45, 7) is 2.32. The molecule has 1 nitrogen and oxygen atoms in total. The molecule has 0 atom stereocenters. The van der Waals surface area contributed by atoms with Crippen molar-refractivity contribution in [3.8, 4) is 0 Å². The second-order valence-electron chi connectivity index (χ2n) is 2.89. The number of rotatable bonds is 3. The summed E-state index contributed by atoms with van der Waals surface area (Å²) >= 11 is 4.33. The SMILES string of the molecule is Cc1c(S)cccc1CCCO. The summed E-state index contributed by atoms with van der Waals surface area (Å²) in [5, 5.41) is 8.67. The Hall–Kier alpha value is -0.470. The van der Waals surface area contributed by atoms with E-state index in [-0.39, 0.29) is 6.61 Å². The first kappa shape index (κ1) is 9.62. The fraction of sp³-hybridized carbons (Fsp3) is 0.400. The first-order valence-electron chi connectivity index (χ1n) is 4.14. The molecule has 0 heterocycles. The summed E-state index contributed by atoms with van der Waals surface area (Å²) < 4.78 is 0. The Balaban J connectivity index is 2.78. The highest BCUT2D eigenvalue weighted by Gasteiger charge is 1.99. The summed E-state index contributed by atoms with van der Waals surface area (Å²) in [5.74, 6) is 0. The lowest BCUT2D eigenvalue weighted by molar-refractivity contribution is 0.288. The van der Waals surface area contributed by atoms with Crippen molar-refractivity contribution in [1.29, 1.82) is 0 Å². The Labute approximate surface area is 78.8 Å². The van der Waals surface area contributed by atoms with E-state index >= 15 is 0 Å². The Morgan fingerprint density at radius 1 is 1.42 bits per heavy atom. The van der Waals surface area contributed by atoms with Crippen LogP contribution in [0.25, 0.3) is 0 Å². The van der Waals surface area contributed by atoms with E-state index in [1.165, 1.54) is 11.1 Å². The number of hydrogen-bond donors (Lipinski definition) is 2. The topological polar surface area (TPSA) is 20.2 Å². The third kappa shape index (κ3) is 2.26. The minimum Gasteiger partial charge on any atom is -0.396 e. The van der Waals surface area contributed by atoms with E-state index in [9.17, 15) is 0 Å². The minimum atomic E-state index is 0.260. The van der Waals surface area contributed by atoms with Crippen molar-refractivity contribution < 1.29 is 5.11 Å². The number of aliphatic hydroxyl groups is 1. The van der Waals surface area contributed by atoms with E-state index in [0.717, 1.165) is 17.7 Å². The van der Waals surface area contributed by atoms with Crippen LogP contribution in [0.4, 0.5) is 0 Å². The van der Waals surface area contributed by atoms with Crippen LogP contribution in [0.15, 0.2) is 23.1 Å². The molecule has 0 aliphatic carbocycles. The molecule has 0 saturated carbocycles. The van der Waals surface area contributed by atoms with E-state index in [1.54, 1.807) is 0 Å². The van der Waals surface area contributed by atoms with Gasteiger partial charge in [0.1, 0.15) is 0 Å². The highest BCUT2D eigenvalue weighted by atomic mass is 32.1. The molecule has 0 saturated heterocycles. The highest BCUT2D eigenvalue weighted by Crippen LogP contribution is 2.17. The first-order valence-corrected chi connectivity index (χ1v) is 4.58. The van der Waals surface area contributed by atoms with E-state index in [0.29, 0.717) is 0 Å². The summed E-state index contributed by atoms with van der Waals surface area (Å²) in [6, 6.07) is 6.08. The lowest BCUT2D eigenvalue weighted by Gasteiger charge is -2.06. The Morgan fingerprint density at radius 3 is 2.83 bits per heavy atom. The summed E-state index contributed by atoms with van der Waals surface area (Å²) in [6.07, 6.45) is 1.77. The summed E-state index contributed by atoms with van der Waals surface area (Å²) in [7, 11) is 0. The van der Waals surface area contributed by atoms with Crippen LogP contribution in [0.2, 0.25) is 0 Å². The second-order valence-corrected chi connectivity index (χ2v) is 3.37. The Kier molecular flexibility index (Phi) is 3.63. The number of benzene rings is 1. The molecule has 66 valence electrons. The first-order chi connectivity index (χ1) is 5.75. The fourth-order valence-corrected chi connectivity index (χ4v) is 1.44. The maximum absolute atomic E-state index is 8.67. The van der Waals surface area contributed by atoms with E-state index in [2.05, 4.69) is 25.6 Å². The van der Waals surface area contributed by atoms with E-state index < -0.39 is 0 Å². The van der Waals surface area contributed by atoms with Crippen molar-refractivity contribution in [2.24, 2.45) is 0 Å². The van der Waals surface area contributed by atoms with E-state index in [4.69, 9.17) is 5.11 Å². The molecule has 0 unspecified atom stereocenters. The van der Waals surface area contributed by atoms with Crippen molar-refractivity contribution >= 4 is 12.6 Å². The van der Waals surface area contributed by atoms with Crippen LogP contribution >= 0.6 is 12.6 Å². The van der Waals surface area contributed by atoms with Gasteiger partial charge in [0.25, 0.3) is 0 Å². The van der Waals surface area contributed by atoms with Crippen LogP contribution in [-0.4, -0.2) is 11.7 Å². The lowest BCUT2D eigenvalue weighted by Crippen LogP contribution is -1.93. The molecule has 1 aromatic rings. The third-order valence-corrected chi connectivity index (χ3v) is 2.51. The zero-order valence-electron chi connectivity index (χ0n) is 7.25. The number of thiol groups is 1. The average Bonchev–Trinajstić information content (AvgIpc) is 2.08. The smallest absolute Gasteiger partial charge is 0.0434 e. The van der Waals surface area contributed by atoms with Crippen molar-refractivity contribution in [2.75, 3.05) is 6.61 Å². The standard InChI is InChI=1S/C10H14OS/c1-8-9(5-3-7-11)4-2-6-10(8)12/h2,4,6,11-12H,3,5,7H2,1H3. The molecule has 0 radical (unpaired) electrons. The van der Waals surface area contributed by atoms with Crippen LogP contribution in [0.1, 0.15) is 17.5 Å². The third-order valence-electron chi connectivity index (χ3n) is 2.02. The van der Waals surface area contributed by atoms with Gasteiger partial charge in [-0.1, -0.05) is 12.1 Å². The zero-order chi connectivity index (χ0) is 8.97. The molecule has 2 heteroatoms. The maximum atomic E-state index is 8.67. The normalized spacial score (nSPS) is 10.2. The number of aryl methyl sites for hydroxylation is 1. The van der Waals surface area contributed by atoms with Crippen molar-refractivity contribution in [2.45, 2.75) is 24.7 Å². The van der Waals surface area contributed by atoms with Gasteiger partial charge >= 0.3 is 0 Å². The van der Waals surface area contributed by atoms with Gasteiger partial charge in [0.05, 0.1) is 0 Å². The van der Waals surface area contributed by atoms with E-state index in [1.807, 2.05) is 12.1 Å². The Bertz CT molecular complexity index is 258. The fourth-order valence-electron chi connectivity index (χ4n) is 1.21. The van der Waals surface area contributed by atoms with Gasteiger partial charge in [-0.3, -0.25) is 0 Å². The van der Waals surface area contributed by atoms with Gasteiger partial charge in [0.15, 0.2) is 0 Å². The van der Waals surface area contributed by atoms with Crippen LogP contribution in [-0.2, 0) is 6.42 Å². The largest absolute Gasteiger partial charge is 0.396 e. The molecular formula is C10H14OS. The van der Waals surface area contributed by atoms with Gasteiger partial charge in [-0.05, 0) is 37.0 Å². The van der Waals surface area contributed by atoms with Crippen LogP contribution < -0.4 is 0 Å². The molecule has 0 bridgehead atoms. The average molecular weight is 182 g/mol. The quantitative estimate of drug-likeness (QED) is 0.687. The Morgan fingerprint density at radius 2 is 2.17 bits per heavy atom. The van der Waals surface area contributed by atoms with Gasteiger partial charge in [-0.15, -0.1) is 12.6 Å². The molecule has 0 aliphatic rings. The predicted octanol–water partition coefficient (Wildman–Crippen LogP) is 2.21. The molecule has 0 spiro atoms. The minimum absolute atomic E-state index is 0.260. The molecule has 0 amide bonds. The molecule has 12 heavy (non-hydrogen) atoms. The van der Waals surface area contributed by atoms with Crippen LogP contribution in [0.3, 0.4) is 0 Å². The van der Waals surface area contributed by atoms with Gasteiger partial charge in [0, 0.05) is 11.5 Å². The zero-order valence-corrected chi connectivity index (χ0v) is 8.14. The highest BCUT2D eigenvalue weighted by molar-refractivity contribution is 7.80. The monoisotopic (exact) mass is 182 g/mol. The maximum Gasteiger partial charge on any atom is 0.0434 e. The van der Waals surface area contributed by atoms with Gasteiger partial charge in [0.2, 0.25) is 0 Å². The molecule has 1 rings (SSSR count). The number of aliphatic hydroxyl groups excluding tert-OH is 1. The van der Waals surface area contributed by atoms with Gasteiger partial charge in [-0.2, -0.15) is 0 Å². The van der Waals surface area contributed by atoms with Crippen molar-refractivity contribution in [3.05, 3.63) is 29.3 Å². The second kappa shape index (κ2) is 4.53. The summed E-state index contributed by atoms with van der Waals surface area (Å²) in [4.78, 5) is 1.03. The van der Waals surface area contributed by atoms with Gasteiger partial charge in [-0.25, -0.2) is 0 Å². The summed E-state index contributed by atoms with van der Waals surface area (Å²) in [5.41, 5.74) is 2.52. The predicted molar refractivity (Wildman–Crippen MR) is 53.8 cm³/mol.